The zero-order chi connectivity index (χ0) is 13.0. The molecule has 0 aliphatic carbocycles. The van der Waals surface area contributed by atoms with Gasteiger partial charge in [0, 0.05) is 38.5 Å². The molecule has 1 aromatic rings. The lowest BCUT2D eigenvalue weighted by molar-refractivity contribution is 0.0990. The number of nitrogens with zero attached hydrogens (tertiary/aromatic N) is 1. The third-order valence-electron chi connectivity index (χ3n) is 3.30. The molecule has 100 valence electrons. The Balaban J connectivity index is 1.70. The van der Waals surface area contributed by atoms with Gasteiger partial charge in [-0.1, -0.05) is 26.0 Å². The average molecular weight is 248 g/mol. The van der Waals surface area contributed by atoms with Crippen molar-refractivity contribution >= 4 is 5.69 Å². The van der Waals surface area contributed by atoms with Crippen molar-refractivity contribution in [3.8, 4) is 0 Å². The standard InChI is InChI=1S/C15H24N2O/c1-12(2)11-18-8-4-7-17-9-13-5-3-6-15(16)14(13)10-17/h3,5-6,12H,4,7-11,16H2,1-2H3. The number of ether oxygens (including phenoxy) is 1. The quantitative estimate of drug-likeness (QED) is 0.621. The monoisotopic (exact) mass is 248 g/mol. The summed E-state index contributed by atoms with van der Waals surface area (Å²) in [5, 5.41) is 0. The molecule has 0 saturated heterocycles. The van der Waals surface area contributed by atoms with E-state index in [0.717, 1.165) is 45.0 Å². The Hall–Kier alpha value is -1.06. The van der Waals surface area contributed by atoms with Gasteiger partial charge in [0.15, 0.2) is 0 Å². The molecule has 0 bridgehead atoms. The van der Waals surface area contributed by atoms with Crippen LogP contribution in [0.5, 0.6) is 0 Å². The Kier molecular flexibility index (Phi) is 4.61. The smallest absolute Gasteiger partial charge is 0.0489 e. The second-order valence-electron chi connectivity index (χ2n) is 5.52. The number of anilines is 1. The fraction of sp³-hybridized carbons (Fsp3) is 0.600. The van der Waals surface area contributed by atoms with Gasteiger partial charge in [-0.2, -0.15) is 0 Å². The molecule has 0 saturated carbocycles. The van der Waals surface area contributed by atoms with Gasteiger partial charge in [-0.05, 0) is 29.5 Å². The number of benzene rings is 1. The van der Waals surface area contributed by atoms with Crippen molar-refractivity contribution in [2.24, 2.45) is 5.92 Å². The van der Waals surface area contributed by atoms with E-state index in [1.807, 2.05) is 12.1 Å². The highest BCUT2D eigenvalue weighted by Gasteiger charge is 2.19. The normalized spacial score (nSPS) is 15.3. The number of rotatable bonds is 6. The third kappa shape index (κ3) is 3.47. The molecule has 0 spiro atoms. The van der Waals surface area contributed by atoms with Crippen molar-refractivity contribution < 1.29 is 4.74 Å². The van der Waals surface area contributed by atoms with E-state index in [-0.39, 0.29) is 0 Å². The van der Waals surface area contributed by atoms with E-state index in [2.05, 4.69) is 24.8 Å². The topological polar surface area (TPSA) is 38.5 Å². The molecule has 0 fully saturated rings. The molecule has 2 N–H and O–H groups in total. The summed E-state index contributed by atoms with van der Waals surface area (Å²) in [6.07, 6.45) is 1.10. The average Bonchev–Trinajstić information content (AvgIpc) is 2.72. The summed E-state index contributed by atoms with van der Waals surface area (Å²) in [6.45, 7) is 9.20. The summed E-state index contributed by atoms with van der Waals surface area (Å²) in [5.74, 6) is 0.626. The first-order valence-corrected chi connectivity index (χ1v) is 6.83. The number of nitrogens with two attached hydrogens (primary N) is 1. The fourth-order valence-electron chi connectivity index (χ4n) is 2.38. The predicted molar refractivity (Wildman–Crippen MR) is 75.2 cm³/mol. The van der Waals surface area contributed by atoms with Gasteiger partial charge in [-0.3, -0.25) is 4.90 Å². The lowest BCUT2D eigenvalue weighted by atomic mass is 10.1. The zero-order valence-corrected chi connectivity index (χ0v) is 11.5. The molecule has 2 rings (SSSR count). The van der Waals surface area contributed by atoms with E-state index < -0.39 is 0 Å². The fourth-order valence-corrected chi connectivity index (χ4v) is 2.38. The van der Waals surface area contributed by atoms with Crippen LogP contribution in [0.1, 0.15) is 31.4 Å². The molecule has 1 aliphatic rings. The van der Waals surface area contributed by atoms with E-state index in [1.54, 1.807) is 0 Å². The predicted octanol–water partition coefficient (Wildman–Crippen LogP) is 2.65. The van der Waals surface area contributed by atoms with Crippen LogP contribution in [0.25, 0.3) is 0 Å². The lowest BCUT2D eigenvalue weighted by Crippen LogP contribution is -2.19. The van der Waals surface area contributed by atoms with E-state index >= 15 is 0 Å². The summed E-state index contributed by atoms with van der Waals surface area (Å²) in [7, 11) is 0. The van der Waals surface area contributed by atoms with Crippen LogP contribution >= 0.6 is 0 Å². The highest BCUT2D eigenvalue weighted by atomic mass is 16.5. The molecular formula is C15H24N2O. The number of hydrogen-bond acceptors (Lipinski definition) is 3. The van der Waals surface area contributed by atoms with Crippen molar-refractivity contribution in [1.29, 1.82) is 0 Å². The summed E-state index contributed by atoms with van der Waals surface area (Å²) in [6, 6.07) is 6.22. The lowest BCUT2D eigenvalue weighted by Gasteiger charge is -2.15. The largest absolute Gasteiger partial charge is 0.398 e. The third-order valence-corrected chi connectivity index (χ3v) is 3.30. The van der Waals surface area contributed by atoms with Crippen LogP contribution in [-0.4, -0.2) is 24.7 Å². The van der Waals surface area contributed by atoms with E-state index in [4.69, 9.17) is 10.5 Å². The Morgan fingerprint density at radius 3 is 2.89 bits per heavy atom. The second-order valence-corrected chi connectivity index (χ2v) is 5.52. The van der Waals surface area contributed by atoms with Crippen molar-refractivity contribution in [3.05, 3.63) is 29.3 Å². The van der Waals surface area contributed by atoms with E-state index in [1.165, 1.54) is 11.1 Å². The molecule has 0 amide bonds. The van der Waals surface area contributed by atoms with Gasteiger partial charge >= 0.3 is 0 Å². The molecule has 3 nitrogen and oxygen atoms in total. The van der Waals surface area contributed by atoms with E-state index in [0.29, 0.717) is 5.92 Å². The van der Waals surface area contributed by atoms with Crippen LogP contribution in [0, 0.1) is 5.92 Å². The van der Waals surface area contributed by atoms with Gasteiger partial charge in [0.25, 0.3) is 0 Å². The Bertz CT molecular complexity index is 390. The van der Waals surface area contributed by atoms with Gasteiger partial charge in [0.1, 0.15) is 0 Å². The Labute approximate surface area is 110 Å². The van der Waals surface area contributed by atoms with Gasteiger partial charge in [-0.15, -0.1) is 0 Å². The minimum atomic E-state index is 0.626. The van der Waals surface area contributed by atoms with Crippen LogP contribution in [0.3, 0.4) is 0 Å². The van der Waals surface area contributed by atoms with Crippen LogP contribution in [0.15, 0.2) is 18.2 Å². The van der Waals surface area contributed by atoms with Gasteiger partial charge in [0.05, 0.1) is 0 Å². The Morgan fingerprint density at radius 2 is 2.17 bits per heavy atom. The molecule has 3 heteroatoms. The van der Waals surface area contributed by atoms with Crippen molar-refractivity contribution in [3.63, 3.8) is 0 Å². The molecule has 18 heavy (non-hydrogen) atoms. The summed E-state index contributed by atoms with van der Waals surface area (Å²) in [4.78, 5) is 2.44. The Morgan fingerprint density at radius 1 is 1.33 bits per heavy atom. The first-order chi connectivity index (χ1) is 8.66. The molecule has 1 aliphatic heterocycles. The summed E-state index contributed by atoms with van der Waals surface area (Å²) in [5.41, 5.74) is 9.64. The maximum atomic E-state index is 5.99. The molecular weight excluding hydrogens is 224 g/mol. The van der Waals surface area contributed by atoms with Crippen molar-refractivity contribution in [1.82, 2.24) is 4.90 Å². The van der Waals surface area contributed by atoms with Crippen molar-refractivity contribution in [2.45, 2.75) is 33.4 Å². The maximum Gasteiger partial charge on any atom is 0.0489 e. The second kappa shape index (κ2) is 6.21. The van der Waals surface area contributed by atoms with Crippen LogP contribution < -0.4 is 5.73 Å². The maximum absolute atomic E-state index is 5.99. The zero-order valence-electron chi connectivity index (χ0n) is 11.5. The van der Waals surface area contributed by atoms with Gasteiger partial charge in [-0.25, -0.2) is 0 Å². The molecule has 0 aromatic heterocycles. The minimum Gasteiger partial charge on any atom is -0.398 e. The first kappa shape index (κ1) is 13.4. The number of fused-ring (bicyclic) bond motifs is 1. The summed E-state index contributed by atoms with van der Waals surface area (Å²) >= 11 is 0. The number of hydrogen-bond donors (Lipinski definition) is 1. The molecule has 0 radical (unpaired) electrons. The number of nitrogen functional groups attached to an aromatic ring is 1. The SMILES string of the molecule is CC(C)COCCCN1Cc2cccc(N)c2C1. The molecule has 1 heterocycles. The molecule has 1 aromatic carbocycles. The molecule has 0 unspecified atom stereocenters. The van der Waals surface area contributed by atoms with Crippen LogP contribution in [0.2, 0.25) is 0 Å². The molecule has 0 atom stereocenters. The van der Waals surface area contributed by atoms with Gasteiger partial charge in [0.2, 0.25) is 0 Å². The van der Waals surface area contributed by atoms with Crippen molar-refractivity contribution in [2.75, 3.05) is 25.5 Å². The van der Waals surface area contributed by atoms with Crippen LogP contribution in [-0.2, 0) is 17.8 Å². The van der Waals surface area contributed by atoms with Gasteiger partial charge < -0.3 is 10.5 Å². The summed E-state index contributed by atoms with van der Waals surface area (Å²) < 4.78 is 5.60. The highest BCUT2D eigenvalue weighted by Crippen LogP contribution is 2.27. The highest BCUT2D eigenvalue weighted by molar-refractivity contribution is 5.52. The minimum absolute atomic E-state index is 0.626. The first-order valence-electron chi connectivity index (χ1n) is 6.83. The van der Waals surface area contributed by atoms with Crippen LogP contribution in [0.4, 0.5) is 5.69 Å². The van der Waals surface area contributed by atoms with E-state index in [9.17, 15) is 0 Å².